The Bertz CT molecular complexity index is 761. The fourth-order valence-electron chi connectivity index (χ4n) is 2.36. The summed E-state index contributed by atoms with van der Waals surface area (Å²) >= 11 is 0. The normalized spacial score (nSPS) is 15.1. The van der Waals surface area contributed by atoms with Crippen molar-refractivity contribution >= 4 is 15.5 Å². The molecule has 112 valence electrons. The number of benzene rings is 1. The average Bonchev–Trinajstić information content (AvgIpc) is 3.16. The summed E-state index contributed by atoms with van der Waals surface area (Å²) in [5, 5.41) is 3.33. The van der Waals surface area contributed by atoms with Gasteiger partial charge in [-0.25, -0.2) is 13.4 Å². The number of nitrogens with one attached hydrogen (secondary N) is 1. The van der Waals surface area contributed by atoms with Crippen molar-refractivity contribution in [1.29, 1.82) is 0 Å². The number of anilines is 1. The van der Waals surface area contributed by atoms with E-state index in [2.05, 4.69) is 14.9 Å². The first-order chi connectivity index (χ1) is 9.95. The van der Waals surface area contributed by atoms with Crippen LogP contribution in [-0.2, 0) is 16.4 Å². The fourth-order valence-corrected chi connectivity index (χ4v) is 3.01. The van der Waals surface area contributed by atoms with E-state index in [4.69, 9.17) is 0 Å². The molecule has 1 aliphatic rings. The van der Waals surface area contributed by atoms with E-state index in [9.17, 15) is 8.42 Å². The van der Waals surface area contributed by atoms with Crippen LogP contribution in [0.3, 0.4) is 0 Å². The van der Waals surface area contributed by atoms with Gasteiger partial charge in [0, 0.05) is 24.2 Å². The lowest BCUT2D eigenvalue weighted by atomic mass is 10.2. The van der Waals surface area contributed by atoms with Gasteiger partial charge in [0.2, 0.25) is 0 Å². The van der Waals surface area contributed by atoms with Crippen LogP contribution < -0.4 is 5.32 Å². The molecule has 2 aromatic rings. The molecule has 6 heteroatoms. The van der Waals surface area contributed by atoms with Crippen LogP contribution in [0, 0.1) is 6.92 Å². The molecule has 0 amide bonds. The van der Waals surface area contributed by atoms with Crippen molar-refractivity contribution < 1.29 is 8.42 Å². The first kappa shape index (κ1) is 14.1. The number of aromatic nitrogens is 2. The Morgan fingerprint density at radius 3 is 2.81 bits per heavy atom. The van der Waals surface area contributed by atoms with E-state index in [0.717, 1.165) is 16.9 Å². The maximum Gasteiger partial charge on any atom is 0.175 e. The zero-order valence-corrected chi connectivity index (χ0v) is 13.0. The minimum Gasteiger partial charge on any atom is -0.379 e. The van der Waals surface area contributed by atoms with Crippen LogP contribution in [0.1, 0.15) is 30.1 Å². The molecular formula is C15H19N3O2S. The number of rotatable bonds is 5. The summed E-state index contributed by atoms with van der Waals surface area (Å²) in [6.07, 6.45) is 7.39. The Hall–Kier alpha value is -1.82. The molecule has 1 fully saturated rings. The Labute approximate surface area is 124 Å². The smallest absolute Gasteiger partial charge is 0.175 e. The molecule has 1 aliphatic carbocycles. The molecule has 0 radical (unpaired) electrons. The summed E-state index contributed by atoms with van der Waals surface area (Å²) in [5.74, 6) is 0. The zero-order valence-electron chi connectivity index (χ0n) is 12.2. The van der Waals surface area contributed by atoms with Gasteiger partial charge in [0.15, 0.2) is 9.84 Å². The molecule has 1 saturated carbocycles. The van der Waals surface area contributed by atoms with Crippen LogP contribution in [0.15, 0.2) is 35.6 Å². The molecule has 0 atom stereocenters. The first-order valence-electron chi connectivity index (χ1n) is 7.00. The number of hydrogen-bond acceptors (Lipinski definition) is 4. The molecule has 0 bridgehead atoms. The van der Waals surface area contributed by atoms with Gasteiger partial charge >= 0.3 is 0 Å². The second-order valence-electron chi connectivity index (χ2n) is 5.63. The fraction of sp³-hybridized carbons (Fsp3) is 0.400. The van der Waals surface area contributed by atoms with Gasteiger partial charge in [-0.05, 0) is 37.5 Å². The van der Waals surface area contributed by atoms with Gasteiger partial charge in [0.25, 0.3) is 0 Å². The minimum absolute atomic E-state index is 0.339. The Balaban J connectivity index is 1.79. The molecule has 0 spiro atoms. The molecule has 1 N–H and O–H groups in total. The lowest BCUT2D eigenvalue weighted by Gasteiger charge is -2.12. The van der Waals surface area contributed by atoms with E-state index in [0.29, 0.717) is 17.5 Å². The first-order valence-corrected chi connectivity index (χ1v) is 8.89. The quantitative estimate of drug-likeness (QED) is 0.922. The van der Waals surface area contributed by atoms with Gasteiger partial charge < -0.3 is 9.88 Å². The Morgan fingerprint density at radius 2 is 2.14 bits per heavy atom. The number of sulfone groups is 1. The van der Waals surface area contributed by atoms with Crippen LogP contribution in [0.4, 0.5) is 5.69 Å². The van der Waals surface area contributed by atoms with Crippen molar-refractivity contribution in [3.05, 3.63) is 42.0 Å². The lowest BCUT2D eigenvalue weighted by molar-refractivity contribution is 0.602. The second kappa shape index (κ2) is 5.18. The minimum atomic E-state index is -3.18. The highest BCUT2D eigenvalue weighted by molar-refractivity contribution is 7.90. The summed E-state index contributed by atoms with van der Waals surface area (Å²) in [6, 6.07) is 5.76. The van der Waals surface area contributed by atoms with Gasteiger partial charge in [0.1, 0.15) is 0 Å². The lowest BCUT2D eigenvalue weighted by Crippen LogP contribution is -2.07. The molecule has 1 aromatic heterocycles. The summed E-state index contributed by atoms with van der Waals surface area (Å²) in [7, 11) is -3.18. The zero-order chi connectivity index (χ0) is 15.0. The third-order valence-corrected chi connectivity index (χ3v) is 4.89. The highest BCUT2D eigenvalue weighted by Crippen LogP contribution is 2.35. The third-order valence-electron chi connectivity index (χ3n) is 3.78. The van der Waals surface area contributed by atoms with Crippen LogP contribution >= 0.6 is 0 Å². The molecule has 5 nitrogen and oxygen atoms in total. The highest BCUT2D eigenvalue weighted by atomic mass is 32.2. The third kappa shape index (κ3) is 3.10. The molecule has 21 heavy (non-hydrogen) atoms. The van der Waals surface area contributed by atoms with Gasteiger partial charge in [-0.15, -0.1) is 0 Å². The molecular weight excluding hydrogens is 286 g/mol. The van der Waals surface area contributed by atoms with Crippen molar-refractivity contribution in [2.45, 2.75) is 37.2 Å². The van der Waals surface area contributed by atoms with Gasteiger partial charge in [-0.3, -0.25) is 0 Å². The van der Waals surface area contributed by atoms with Gasteiger partial charge in [-0.1, -0.05) is 6.07 Å². The predicted octanol–water partition coefficient (Wildman–Crippen LogP) is 2.54. The molecule has 1 aromatic carbocycles. The predicted molar refractivity (Wildman–Crippen MR) is 82.1 cm³/mol. The SMILES string of the molecule is Cc1ccc(S(C)(=O)=O)cc1NCc1cncn1C1CC1. The maximum atomic E-state index is 11.6. The number of hydrogen-bond donors (Lipinski definition) is 1. The number of imidazole rings is 1. The average molecular weight is 305 g/mol. The maximum absolute atomic E-state index is 11.6. The van der Waals surface area contributed by atoms with Crippen molar-refractivity contribution in [2.24, 2.45) is 0 Å². The number of nitrogens with zero attached hydrogens (tertiary/aromatic N) is 2. The van der Waals surface area contributed by atoms with Crippen molar-refractivity contribution in [3.63, 3.8) is 0 Å². The van der Waals surface area contributed by atoms with E-state index in [1.807, 2.05) is 25.5 Å². The molecule has 0 aliphatic heterocycles. The molecule has 0 unspecified atom stereocenters. The van der Waals surface area contributed by atoms with E-state index in [1.165, 1.54) is 19.1 Å². The van der Waals surface area contributed by atoms with E-state index in [1.54, 1.807) is 12.1 Å². The van der Waals surface area contributed by atoms with Gasteiger partial charge in [0.05, 0.1) is 23.5 Å². The van der Waals surface area contributed by atoms with E-state index < -0.39 is 9.84 Å². The summed E-state index contributed by atoms with van der Waals surface area (Å²) in [6.45, 7) is 2.61. The van der Waals surface area contributed by atoms with Crippen molar-refractivity contribution in [3.8, 4) is 0 Å². The standard InChI is InChI=1S/C15H19N3O2S/c1-11-3-6-14(21(2,19)20)7-15(11)17-9-13-8-16-10-18(13)12-4-5-12/h3,6-8,10,12,17H,4-5,9H2,1-2H3. The van der Waals surface area contributed by atoms with Crippen molar-refractivity contribution in [1.82, 2.24) is 9.55 Å². The monoisotopic (exact) mass is 305 g/mol. The molecule has 3 rings (SSSR count). The topological polar surface area (TPSA) is 64.0 Å². The number of aryl methyl sites for hydroxylation is 1. The van der Waals surface area contributed by atoms with E-state index in [-0.39, 0.29) is 0 Å². The van der Waals surface area contributed by atoms with E-state index >= 15 is 0 Å². The molecule has 1 heterocycles. The summed E-state index contributed by atoms with van der Waals surface area (Å²) in [4.78, 5) is 4.54. The van der Waals surface area contributed by atoms with Crippen LogP contribution in [-0.4, -0.2) is 24.2 Å². The summed E-state index contributed by atoms with van der Waals surface area (Å²) in [5.41, 5.74) is 3.00. The second-order valence-corrected chi connectivity index (χ2v) is 7.64. The highest BCUT2D eigenvalue weighted by Gasteiger charge is 2.25. The van der Waals surface area contributed by atoms with Crippen molar-refractivity contribution in [2.75, 3.05) is 11.6 Å². The van der Waals surface area contributed by atoms with Crippen LogP contribution in [0.5, 0.6) is 0 Å². The Kier molecular flexibility index (Phi) is 3.49. The largest absolute Gasteiger partial charge is 0.379 e. The van der Waals surface area contributed by atoms with Gasteiger partial charge in [-0.2, -0.15) is 0 Å². The molecule has 0 saturated heterocycles. The Morgan fingerprint density at radius 1 is 1.38 bits per heavy atom. The summed E-state index contributed by atoms with van der Waals surface area (Å²) < 4.78 is 25.5. The van der Waals surface area contributed by atoms with Crippen LogP contribution in [0.25, 0.3) is 0 Å². The van der Waals surface area contributed by atoms with Crippen LogP contribution in [0.2, 0.25) is 0 Å².